The van der Waals surface area contributed by atoms with Crippen LogP contribution in [0.3, 0.4) is 0 Å². The predicted molar refractivity (Wildman–Crippen MR) is 66.5 cm³/mol. The predicted octanol–water partition coefficient (Wildman–Crippen LogP) is 1.66. The molecular formula is C12H13ClN2O3. The quantitative estimate of drug-likeness (QED) is 0.887. The Kier molecular flexibility index (Phi) is 3.72. The van der Waals surface area contributed by atoms with Crippen LogP contribution in [0.1, 0.15) is 5.56 Å². The van der Waals surface area contributed by atoms with Gasteiger partial charge in [-0.15, -0.1) is 0 Å². The number of carboxylic acid groups (broad SMARTS) is 1. The van der Waals surface area contributed by atoms with Crippen molar-refractivity contribution in [1.29, 1.82) is 0 Å². The van der Waals surface area contributed by atoms with Gasteiger partial charge in [-0.3, -0.25) is 9.69 Å². The average Bonchev–Trinajstić information content (AvgIpc) is 2.34. The van der Waals surface area contributed by atoms with Crippen LogP contribution in [0.4, 0.5) is 4.79 Å². The fourth-order valence-corrected chi connectivity index (χ4v) is 2.07. The number of hydrogen-bond acceptors (Lipinski definition) is 2. The summed E-state index contributed by atoms with van der Waals surface area (Å²) in [6.45, 7) is 1.08. The maximum absolute atomic E-state index is 11.8. The van der Waals surface area contributed by atoms with E-state index in [-0.39, 0.29) is 12.5 Å². The van der Waals surface area contributed by atoms with E-state index in [2.05, 4.69) is 0 Å². The molecule has 0 unspecified atom stereocenters. The van der Waals surface area contributed by atoms with E-state index in [1.165, 1.54) is 0 Å². The minimum absolute atomic E-state index is 0.0835. The number of carbonyl (C=O) groups excluding carboxylic acids is 1. The number of carbonyl (C=O) groups is 2. The Morgan fingerprint density at radius 2 is 2.06 bits per heavy atom. The molecule has 96 valence electrons. The first kappa shape index (κ1) is 12.7. The van der Waals surface area contributed by atoms with Gasteiger partial charge in [0.25, 0.3) is 0 Å². The van der Waals surface area contributed by atoms with Crippen molar-refractivity contribution in [2.24, 2.45) is 0 Å². The van der Waals surface area contributed by atoms with Gasteiger partial charge in [0.1, 0.15) is 6.54 Å². The summed E-state index contributed by atoms with van der Waals surface area (Å²) in [5.74, 6) is -0.191. The second-order valence-electron chi connectivity index (χ2n) is 4.11. The standard InChI is InChI=1S/C12H13ClN2O3/c13-10-4-2-1-3-9(10)7-14-5-6-15(12(17)18)8-11(14)16/h1-4H,5-8H2,(H,17,18). The van der Waals surface area contributed by atoms with Crippen LogP contribution in [0.2, 0.25) is 5.02 Å². The summed E-state index contributed by atoms with van der Waals surface area (Å²) in [5.41, 5.74) is 0.872. The third-order valence-corrected chi connectivity index (χ3v) is 3.28. The van der Waals surface area contributed by atoms with Crippen molar-refractivity contribution in [2.75, 3.05) is 19.6 Å². The summed E-state index contributed by atoms with van der Waals surface area (Å²) in [7, 11) is 0. The molecule has 2 rings (SSSR count). The van der Waals surface area contributed by atoms with E-state index in [0.717, 1.165) is 10.5 Å². The number of piperazine rings is 1. The first-order valence-electron chi connectivity index (χ1n) is 5.57. The lowest BCUT2D eigenvalue weighted by atomic mass is 10.2. The molecule has 6 heteroatoms. The highest BCUT2D eigenvalue weighted by Gasteiger charge is 2.26. The highest BCUT2D eigenvalue weighted by molar-refractivity contribution is 6.31. The van der Waals surface area contributed by atoms with E-state index in [1.807, 2.05) is 18.2 Å². The monoisotopic (exact) mass is 268 g/mol. The molecule has 0 atom stereocenters. The molecule has 1 aliphatic heterocycles. The lowest BCUT2D eigenvalue weighted by Gasteiger charge is -2.32. The lowest BCUT2D eigenvalue weighted by Crippen LogP contribution is -2.51. The lowest BCUT2D eigenvalue weighted by molar-refractivity contribution is -0.135. The first-order valence-corrected chi connectivity index (χ1v) is 5.95. The Morgan fingerprint density at radius 3 is 2.67 bits per heavy atom. The van der Waals surface area contributed by atoms with Crippen molar-refractivity contribution in [3.8, 4) is 0 Å². The molecule has 1 heterocycles. The van der Waals surface area contributed by atoms with Gasteiger partial charge in [0.15, 0.2) is 0 Å². The normalized spacial score (nSPS) is 15.9. The zero-order valence-corrected chi connectivity index (χ0v) is 10.4. The first-order chi connectivity index (χ1) is 8.58. The molecule has 0 aliphatic carbocycles. The fraction of sp³-hybridized carbons (Fsp3) is 0.333. The van der Waals surface area contributed by atoms with E-state index in [4.69, 9.17) is 16.7 Å². The second kappa shape index (κ2) is 5.27. The van der Waals surface area contributed by atoms with Crippen LogP contribution in [-0.4, -0.2) is 46.5 Å². The Labute approximate surface area is 110 Å². The van der Waals surface area contributed by atoms with Gasteiger partial charge in [0.2, 0.25) is 5.91 Å². The van der Waals surface area contributed by atoms with Gasteiger partial charge in [0.05, 0.1) is 0 Å². The molecule has 2 amide bonds. The average molecular weight is 269 g/mol. The van der Waals surface area contributed by atoms with Crippen LogP contribution >= 0.6 is 11.6 Å². The highest BCUT2D eigenvalue weighted by Crippen LogP contribution is 2.18. The topological polar surface area (TPSA) is 60.9 Å². The zero-order chi connectivity index (χ0) is 13.1. The van der Waals surface area contributed by atoms with Crippen LogP contribution in [0.15, 0.2) is 24.3 Å². The molecule has 0 saturated carbocycles. The summed E-state index contributed by atoms with van der Waals surface area (Å²) in [6, 6.07) is 7.32. The molecule has 1 fully saturated rings. The molecule has 1 aromatic carbocycles. The number of hydrogen-bond donors (Lipinski definition) is 1. The number of rotatable bonds is 2. The molecule has 0 aromatic heterocycles. The van der Waals surface area contributed by atoms with Crippen molar-refractivity contribution in [2.45, 2.75) is 6.54 Å². The Hall–Kier alpha value is -1.75. The van der Waals surface area contributed by atoms with Gasteiger partial charge in [-0.05, 0) is 11.6 Å². The van der Waals surface area contributed by atoms with Crippen LogP contribution in [0, 0.1) is 0 Å². The van der Waals surface area contributed by atoms with Crippen molar-refractivity contribution in [3.05, 3.63) is 34.9 Å². The van der Waals surface area contributed by atoms with Gasteiger partial charge in [-0.25, -0.2) is 4.79 Å². The van der Waals surface area contributed by atoms with Crippen LogP contribution in [-0.2, 0) is 11.3 Å². The molecule has 1 saturated heterocycles. The highest BCUT2D eigenvalue weighted by atomic mass is 35.5. The Morgan fingerprint density at radius 1 is 1.33 bits per heavy atom. The van der Waals surface area contributed by atoms with Gasteiger partial charge < -0.3 is 10.0 Å². The third-order valence-electron chi connectivity index (χ3n) is 2.91. The molecule has 0 spiro atoms. The Balaban J connectivity index is 2.02. The molecule has 0 radical (unpaired) electrons. The van der Waals surface area contributed by atoms with Crippen LogP contribution < -0.4 is 0 Å². The largest absolute Gasteiger partial charge is 0.465 e. The molecule has 1 aliphatic rings. The van der Waals surface area contributed by atoms with E-state index in [1.54, 1.807) is 11.0 Å². The van der Waals surface area contributed by atoms with Crippen molar-refractivity contribution in [3.63, 3.8) is 0 Å². The molecule has 1 aromatic rings. The number of nitrogens with zero attached hydrogens (tertiary/aromatic N) is 2. The van der Waals surface area contributed by atoms with Gasteiger partial charge in [0, 0.05) is 24.7 Å². The van der Waals surface area contributed by atoms with Crippen molar-refractivity contribution < 1.29 is 14.7 Å². The van der Waals surface area contributed by atoms with E-state index in [0.29, 0.717) is 24.7 Å². The van der Waals surface area contributed by atoms with Crippen molar-refractivity contribution in [1.82, 2.24) is 9.80 Å². The van der Waals surface area contributed by atoms with E-state index in [9.17, 15) is 9.59 Å². The molecule has 18 heavy (non-hydrogen) atoms. The van der Waals surface area contributed by atoms with Gasteiger partial charge >= 0.3 is 6.09 Å². The maximum Gasteiger partial charge on any atom is 0.407 e. The minimum atomic E-state index is -1.05. The van der Waals surface area contributed by atoms with Crippen LogP contribution in [0.5, 0.6) is 0 Å². The van der Waals surface area contributed by atoms with E-state index < -0.39 is 6.09 Å². The summed E-state index contributed by atoms with van der Waals surface area (Å²) >= 11 is 6.03. The molecule has 5 nitrogen and oxygen atoms in total. The smallest absolute Gasteiger partial charge is 0.407 e. The third kappa shape index (κ3) is 2.73. The zero-order valence-electron chi connectivity index (χ0n) is 9.67. The number of benzene rings is 1. The summed E-state index contributed by atoms with van der Waals surface area (Å²) < 4.78 is 0. The SMILES string of the molecule is O=C(O)N1CCN(Cc2ccccc2Cl)C(=O)C1. The van der Waals surface area contributed by atoms with Crippen LogP contribution in [0.25, 0.3) is 0 Å². The molecule has 1 N–H and O–H groups in total. The summed E-state index contributed by atoms with van der Waals surface area (Å²) in [4.78, 5) is 25.3. The minimum Gasteiger partial charge on any atom is -0.465 e. The molecular weight excluding hydrogens is 256 g/mol. The Bertz CT molecular complexity index is 478. The maximum atomic E-state index is 11.8. The van der Waals surface area contributed by atoms with E-state index >= 15 is 0 Å². The number of amides is 2. The summed E-state index contributed by atoms with van der Waals surface area (Å²) in [6.07, 6.45) is -1.05. The van der Waals surface area contributed by atoms with Crippen molar-refractivity contribution >= 4 is 23.6 Å². The molecule has 0 bridgehead atoms. The second-order valence-corrected chi connectivity index (χ2v) is 4.52. The summed E-state index contributed by atoms with van der Waals surface area (Å²) in [5, 5.41) is 9.43. The van der Waals surface area contributed by atoms with Gasteiger partial charge in [-0.2, -0.15) is 0 Å². The van der Waals surface area contributed by atoms with Gasteiger partial charge in [-0.1, -0.05) is 29.8 Å². The number of halogens is 1. The fourth-order valence-electron chi connectivity index (χ4n) is 1.87.